The average Bonchev–Trinajstić information content (AvgIpc) is 3.13. The number of nitrogen functional groups attached to an aromatic ring is 1. The number of aryl methyl sites for hydroxylation is 1. The van der Waals surface area contributed by atoms with Crippen LogP contribution in [0, 0.1) is 6.92 Å². The predicted molar refractivity (Wildman–Crippen MR) is 98.2 cm³/mol. The van der Waals surface area contributed by atoms with Crippen molar-refractivity contribution in [3.63, 3.8) is 0 Å². The van der Waals surface area contributed by atoms with E-state index in [9.17, 15) is 0 Å². The molecule has 0 aliphatic carbocycles. The summed E-state index contributed by atoms with van der Waals surface area (Å²) < 4.78 is 0. The molecule has 0 aromatic carbocycles. The number of aromatic nitrogens is 3. The molecule has 6 nitrogen and oxygen atoms in total. The molecule has 0 fully saturated rings. The second-order valence-electron chi connectivity index (χ2n) is 5.89. The first-order chi connectivity index (χ1) is 11.6. The lowest BCUT2D eigenvalue weighted by Crippen LogP contribution is -2.12. The van der Waals surface area contributed by atoms with Crippen LogP contribution in [0.1, 0.15) is 12.6 Å². The number of H-pyrrole nitrogens is 1. The lowest BCUT2D eigenvalue weighted by molar-refractivity contribution is 1.20. The van der Waals surface area contributed by atoms with E-state index in [1.54, 1.807) is 6.20 Å². The number of nitrogens with zero attached hydrogens (tertiary/aromatic N) is 3. The third-order valence-electron chi connectivity index (χ3n) is 4.10. The molecule has 4 N–H and O–H groups in total. The van der Waals surface area contributed by atoms with Crippen molar-refractivity contribution in [2.24, 2.45) is 4.99 Å². The first-order valence-electron chi connectivity index (χ1n) is 7.82. The van der Waals surface area contributed by atoms with E-state index in [0.717, 1.165) is 45.2 Å². The lowest BCUT2D eigenvalue weighted by Gasteiger charge is -2.10. The number of hydrogen-bond acceptors (Lipinski definition) is 5. The van der Waals surface area contributed by atoms with Crippen LogP contribution in [-0.2, 0) is 0 Å². The fraction of sp³-hybridized carbons (Fsp3) is 0.167. The minimum Gasteiger partial charge on any atom is -0.397 e. The summed E-state index contributed by atoms with van der Waals surface area (Å²) in [6.07, 6.45) is 3.84. The van der Waals surface area contributed by atoms with Crippen molar-refractivity contribution in [1.82, 2.24) is 15.0 Å². The van der Waals surface area contributed by atoms with Crippen molar-refractivity contribution in [3.8, 4) is 11.3 Å². The molecular formula is C18H18N6. The number of aromatic amines is 1. The summed E-state index contributed by atoms with van der Waals surface area (Å²) in [5, 5.41) is 4.19. The van der Waals surface area contributed by atoms with Crippen molar-refractivity contribution in [1.29, 1.82) is 0 Å². The fourth-order valence-electron chi connectivity index (χ4n) is 2.87. The molecule has 0 spiro atoms. The molecule has 3 aromatic heterocycles. The highest BCUT2D eigenvalue weighted by molar-refractivity contribution is 6.10. The molecule has 4 heterocycles. The molecule has 1 aliphatic rings. The second kappa shape index (κ2) is 5.49. The van der Waals surface area contributed by atoms with Gasteiger partial charge < -0.3 is 16.0 Å². The normalized spacial score (nSPS) is 13.9. The molecule has 0 amide bonds. The van der Waals surface area contributed by atoms with Crippen LogP contribution >= 0.6 is 0 Å². The minimum absolute atomic E-state index is 0.664. The molecule has 0 bridgehead atoms. The topological polar surface area (TPSA) is 92.0 Å². The number of pyridine rings is 2. The van der Waals surface area contributed by atoms with Gasteiger partial charge in [-0.2, -0.15) is 0 Å². The van der Waals surface area contributed by atoms with Gasteiger partial charge in [-0.3, -0.25) is 9.98 Å². The Bertz CT molecular complexity index is 996. The number of nitrogens with two attached hydrogens (primary N) is 1. The Morgan fingerprint density at radius 3 is 2.83 bits per heavy atom. The largest absolute Gasteiger partial charge is 0.397 e. The molecule has 24 heavy (non-hydrogen) atoms. The van der Waals surface area contributed by atoms with Crippen LogP contribution in [0.2, 0.25) is 0 Å². The van der Waals surface area contributed by atoms with Crippen LogP contribution in [0.3, 0.4) is 0 Å². The summed E-state index contributed by atoms with van der Waals surface area (Å²) >= 11 is 0. The minimum atomic E-state index is 0.664. The van der Waals surface area contributed by atoms with E-state index in [-0.39, 0.29) is 0 Å². The van der Waals surface area contributed by atoms with E-state index in [4.69, 9.17) is 5.73 Å². The van der Waals surface area contributed by atoms with Gasteiger partial charge in [0.1, 0.15) is 17.3 Å². The monoisotopic (exact) mass is 318 g/mol. The number of anilines is 2. The molecule has 6 heteroatoms. The summed E-state index contributed by atoms with van der Waals surface area (Å²) in [5.41, 5.74) is 11.4. The van der Waals surface area contributed by atoms with Crippen LogP contribution in [0.25, 0.3) is 22.3 Å². The van der Waals surface area contributed by atoms with Gasteiger partial charge in [0.2, 0.25) is 0 Å². The Kier molecular flexibility index (Phi) is 3.30. The Hall–Kier alpha value is -3.15. The van der Waals surface area contributed by atoms with Gasteiger partial charge in [0.15, 0.2) is 0 Å². The second-order valence-corrected chi connectivity index (χ2v) is 5.89. The van der Waals surface area contributed by atoms with Crippen molar-refractivity contribution in [3.05, 3.63) is 47.8 Å². The highest BCUT2D eigenvalue weighted by Gasteiger charge is 2.15. The molecule has 0 atom stereocenters. The Morgan fingerprint density at radius 2 is 2.08 bits per heavy atom. The fourth-order valence-corrected chi connectivity index (χ4v) is 2.87. The van der Waals surface area contributed by atoms with Crippen LogP contribution < -0.4 is 11.1 Å². The van der Waals surface area contributed by atoms with Crippen LogP contribution in [0.4, 0.5) is 11.5 Å². The molecule has 0 radical (unpaired) electrons. The van der Waals surface area contributed by atoms with Crippen molar-refractivity contribution in [2.45, 2.75) is 13.8 Å². The molecule has 3 aromatic rings. The summed E-state index contributed by atoms with van der Waals surface area (Å²) in [7, 11) is 0. The number of hydrogen-bond donors (Lipinski definition) is 3. The number of aliphatic imine (C=N–C) groups is 1. The lowest BCUT2D eigenvalue weighted by atomic mass is 10.1. The zero-order valence-electron chi connectivity index (χ0n) is 13.6. The smallest absolute Gasteiger partial charge is 0.142 e. The van der Waals surface area contributed by atoms with Gasteiger partial charge in [-0.1, -0.05) is 12.1 Å². The van der Waals surface area contributed by atoms with Crippen LogP contribution in [0.5, 0.6) is 0 Å². The summed E-state index contributed by atoms with van der Waals surface area (Å²) in [6, 6.07) is 7.93. The summed E-state index contributed by atoms with van der Waals surface area (Å²) in [4.78, 5) is 16.8. The number of amidine groups is 1. The van der Waals surface area contributed by atoms with E-state index in [2.05, 4.69) is 31.3 Å². The molecule has 0 unspecified atom stereocenters. The Morgan fingerprint density at radius 1 is 1.21 bits per heavy atom. The summed E-state index contributed by atoms with van der Waals surface area (Å²) in [6.45, 7) is 4.72. The first kappa shape index (κ1) is 14.4. The SMILES string of the molecule is CC1=CCN=C1Nc1cc(-c2cccc(C)n2)c2c(N)c[nH]c2n1. The van der Waals surface area contributed by atoms with E-state index in [1.807, 2.05) is 38.1 Å². The number of rotatable bonds is 2. The van der Waals surface area contributed by atoms with E-state index in [1.165, 1.54) is 0 Å². The molecule has 0 saturated carbocycles. The van der Waals surface area contributed by atoms with E-state index < -0.39 is 0 Å². The van der Waals surface area contributed by atoms with Crippen LogP contribution in [0.15, 0.2) is 47.1 Å². The van der Waals surface area contributed by atoms with E-state index in [0.29, 0.717) is 12.2 Å². The van der Waals surface area contributed by atoms with Gasteiger partial charge in [-0.25, -0.2) is 4.98 Å². The average molecular weight is 318 g/mol. The van der Waals surface area contributed by atoms with Crippen molar-refractivity contribution >= 4 is 28.4 Å². The maximum atomic E-state index is 6.14. The number of fused-ring (bicyclic) bond motifs is 1. The Labute approximate surface area is 139 Å². The maximum Gasteiger partial charge on any atom is 0.142 e. The third-order valence-corrected chi connectivity index (χ3v) is 4.10. The van der Waals surface area contributed by atoms with Gasteiger partial charge in [0, 0.05) is 17.5 Å². The zero-order chi connectivity index (χ0) is 16.7. The van der Waals surface area contributed by atoms with Gasteiger partial charge in [0.05, 0.1) is 23.3 Å². The van der Waals surface area contributed by atoms with Gasteiger partial charge in [0.25, 0.3) is 0 Å². The third kappa shape index (κ3) is 2.42. The van der Waals surface area contributed by atoms with Gasteiger partial charge in [-0.05, 0) is 37.6 Å². The predicted octanol–water partition coefficient (Wildman–Crippen LogP) is 3.29. The highest BCUT2D eigenvalue weighted by atomic mass is 15.1. The standard InChI is InChI=1S/C18H18N6/c1-10-6-7-20-17(10)23-15-8-12(14-5-3-4-11(2)22-14)16-13(19)9-21-18(16)24-15/h3-6,8-9H,7,19H2,1-2H3,(H2,20,21,23,24). The maximum absolute atomic E-state index is 6.14. The van der Waals surface area contributed by atoms with Gasteiger partial charge in [-0.15, -0.1) is 0 Å². The van der Waals surface area contributed by atoms with E-state index >= 15 is 0 Å². The Balaban J connectivity index is 1.87. The molecule has 120 valence electrons. The van der Waals surface area contributed by atoms with Crippen molar-refractivity contribution < 1.29 is 0 Å². The first-order valence-corrected chi connectivity index (χ1v) is 7.82. The quantitative estimate of drug-likeness (QED) is 0.676. The van der Waals surface area contributed by atoms with Gasteiger partial charge >= 0.3 is 0 Å². The molecule has 0 saturated heterocycles. The number of nitrogens with one attached hydrogen (secondary N) is 2. The molecule has 1 aliphatic heterocycles. The molecular weight excluding hydrogens is 300 g/mol. The zero-order valence-corrected chi connectivity index (χ0v) is 13.6. The van der Waals surface area contributed by atoms with Crippen LogP contribution in [-0.4, -0.2) is 27.3 Å². The summed E-state index contributed by atoms with van der Waals surface area (Å²) in [5.74, 6) is 1.57. The highest BCUT2D eigenvalue weighted by Crippen LogP contribution is 2.33. The van der Waals surface area contributed by atoms with Crippen molar-refractivity contribution in [2.75, 3.05) is 17.6 Å². The molecule has 4 rings (SSSR count).